The van der Waals surface area contributed by atoms with Crippen LogP contribution in [0.5, 0.6) is 0 Å². The molecule has 0 aromatic carbocycles. The molecule has 0 bridgehead atoms. The third-order valence-corrected chi connectivity index (χ3v) is 7.79. The van der Waals surface area contributed by atoms with Crippen LogP contribution in [0.25, 0.3) is 0 Å². The molecule has 0 aromatic rings. The van der Waals surface area contributed by atoms with E-state index in [9.17, 15) is 38.4 Å². The number of nitrogens with zero attached hydrogens (tertiary/aromatic N) is 1. The standard InChI is InChI=1S/C31H55N9O8/c1-17(2)15-23(29(46)35-18(3)16-41)39-28(45)22(11-12-25(34)42)38-27(44)21(9-6-7-13-32)37-26(43)20(5)36-30(47)24-10-8-14-40(24)31(48)19(4)33/h16-24H,6-15,32-33H2,1-5H3,(H2,34,42)(H,35,46)(H,36,47)(H,37,43)(H,38,44)(H,39,45)/t18-,19-,20-,21-,22-,23-,24-/m0/s1. The molecule has 0 spiro atoms. The smallest absolute Gasteiger partial charge is 0.243 e. The summed E-state index contributed by atoms with van der Waals surface area (Å²) in [5, 5.41) is 12.9. The molecule has 0 radical (unpaired) electrons. The highest BCUT2D eigenvalue weighted by molar-refractivity contribution is 5.97. The first-order valence-corrected chi connectivity index (χ1v) is 16.5. The third kappa shape index (κ3) is 14.3. The second-order valence-electron chi connectivity index (χ2n) is 12.7. The van der Waals surface area contributed by atoms with Crippen LogP contribution in [-0.4, -0.2) is 108 Å². The van der Waals surface area contributed by atoms with E-state index in [0.717, 1.165) is 0 Å². The van der Waals surface area contributed by atoms with E-state index < -0.39 is 77.7 Å². The Labute approximate surface area is 282 Å². The minimum absolute atomic E-state index is 0.0303. The summed E-state index contributed by atoms with van der Waals surface area (Å²) in [6.07, 6.45) is 2.43. The number of carbonyl (C=O) groups is 8. The van der Waals surface area contributed by atoms with Crippen LogP contribution in [0.3, 0.4) is 0 Å². The van der Waals surface area contributed by atoms with Crippen molar-refractivity contribution in [3.8, 4) is 0 Å². The van der Waals surface area contributed by atoms with E-state index in [4.69, 9.17) is 17.2 Å². The van der Waals surface area contributed by atoms with Crippen LogP contribution in [0, 0.1) is 5.92 Å². The molecule has 0 saturated carbocycles. The summed E-state index contributed by atoms with van der Waals surface area (Å²) in [7, 11) is 0. The lowest BCUT2D eigenvalue weighted by Gasteiger charge is -2.28. The number of amides is 7. The first-order chi connectivity index (χ1) is 22.5. The second kappa shape index (κ2) is 21.0. The van der Waals surface area contributed by atoms with E-state index in [-0.39, 0.29) is 37.5 Å². The van der Waals surface area contributed by atoms with Crippen molar-refractivity contribution < 1.29 is 38.4 Å². The Kier molecular flexibility index (Phi) is 18.3. The summed E-state index contributed by atoms with van der Waals surface area (Å²) in [6.45, 7) is 8.82. The van der Waals surface area contributed by atoms with Gasteiger partial charge in [-0.15, -0.1) is 0 Å². The van der Waals surface area contributed by atoms with E-state index in [2.05, 4.69) is 26.6 Å². The number of nitrogens with two attached hydrogens (primary N) is 3. The maximum atomic E-state index is 13.5. The van der Waals surface area contributed by atoms with Crippen molar-refractivity contribution in [2.45, 2.75) is 128 Å². The molecule has 48 heavy (non-hydrogen) atoms. The first kappa shape index (κ1) is 41.9. The monoisotopic (exact) mass is 681 g/mol. The van der Waals surface area contributed by atoms with Crippen molar-refractivity contribution >= 4 is 47.6 Å². The van der Waals surface area contributed by atoms with Gasteiger partial charge in [-0.2, -0.15) is 0 Å². The number of unbranched alkanes of at least 4 members (excludes halogenated alkanes) is 1. The Hall–Kier alpha value is -4.12. The Bertz CT molecular complexity index is 1150. The first-order valence-electron chi connectivity index (χ1n) is 16.5. The maximum Gasteiger partial charge on any atom is 0.243 e. The van der Waals surface area contributed by atoms with E-state index in [1.54, 1.807) is 0 Å². The van der Waals surface area contributed by atoms with Gasteiger partial charge in [0, 0.05) is 13.0 Å². The van der Waals surface area contributed by atoms with Gasteiger partial charge in [-0.25, -0.2) is 0 Å². The number of aldehydes is 1. The third-order valence-electron chi connectivity index (χ3n) is 7.79. The van der Waals surface area contributed by atoms with Crippen LogP contribution < -0.4 is 43.8 Å². The van der Waals surface area contributed by atoms with Crippen molar-refractivity contribution in [1.82, 2.24) is 31.5 Å². The lowest BCUT2D eigenvalue weighted by Crippen LogP contribution is -2.59. The largest absolute Gasteiger partial charge is 0.370 e. The SMILES string of the molecule is CC(C)C[C@H](NC(=O)[C@H](CCC(N)=O)NC(=O)[C@H](CCCCN)NC(=O)[C@H](C)NC(=O)[C@@H]1CCCN1C(=O)[C@H](C)N)C(=O)N[C@@H](C)C=O. The molecule has 0 aliphatic carbocycles. The van der Waals surface area contributed by atoms with Gasteiger partial charge >= 0.3 is 0 Å². The predicted molar refractivity (Wildman–Crippen MR) is 176 cm³/mol. The molecule has 1 rings (SSSR count). The number of rotatable bonds is 21. The van der Waals surface area contributed by atoms with Gasteiger partial charge in [0.05, 0.1) is 12.1 Å². The van der Waals surface area contributed by atoms with Crippen LogP contribution in [0.15, 0.2) is 0 Å². The van der Waals surface area contributed by atoms with Gasteiger partial charge in [-0.1, -0.05) is 13.8 Å². The van der Waals surface area contributed by atoms with E-state index in [0.29, 0.717) is 45.1 Å². The van der Waals surface area contributed by atoms with Gasteiger partial charge in [-0.05, 0) is 78.2 Å². The zero-order chi connectivity index (χ0) is 36.6. The summed E-state index contributed by atoms with van der Waals surface area (Å²) < 4.78 is 0. The Morgan fingerprint density at radius 2 is 1.35 bits per heavy atom. The number of hydrogen-bond acceptors (Lipinski definition) is 10. The van der Waals surface area contributed by atoms with Crippen molar-refractivity contribution in [2.75, 3.05) is 13.1 Å². The van der Waals surface area contributed by atoms with Gasteiger partial charge in [0.25, 0.3) is 0 Å². The quantitative estimate of drug-likeness (QED) is 0.0463. The summed E-state index contributed by atoms with van der Waals surface area (Å²) >= 11 is 0. The molecule has 272 valence electrons. The van der Waals surface area contributed by atoms with Gasteiger partial charge in [0.2, 0.25) is 41.4 Å². The summed E-state index contributed by atoms with van der Waals surface area (Å²) in [4.78, 5) is 102. The number of likely N-dealkylation sites (tertiary alicyclic amines) is 1. The summed E-state index contributed by atoms with van der Waals surface area (Å²) in [5.41, 5.74) is 16.6. The highest BCUT2D eigenvalue weighted by Gasteiger charge is 2.37. The topological polar surface area (TPSA) is 278 Å². The van der Waals surface area contributed by atoms with Gasteiger partial charge in [0.15, 0.2) is 0 Å². The van der Waals surface area contributed by atoms with E-state index >= 15 is 0 Å². The Morgan fingerprint density at radius 1 is 0.792 bits per heavy atom. The zero-order valence-electron chi connectivity index (χ0n) is 28.7. The normalized spacial score (nSPS) is 18.0. The maximum absolute atomic E-state index is 13.5. The lowest BCUT2D eigenvalue weighted by atomic mass is 10.0. The molecule has 11 N–H and O–H groups in total. The Balaban J connectivity index is 3.11. The highest BCUT2D eigenvalue weighted by atomic mass is 16.2. The molecule has 1 fully saturated rings. The molecule has 0 unspecified atom stereocenters. The minimum atomic E-state index is -1.31. The van der Waals surface area contributed by atoms with Crippen molar-refractivity contribution in [3.05, 3.63) is 0 Å². The van der Waals surface area contributed by atoms with Crippen molar-refractivity contribution in [3.63, 3.8) is 0 Å². The lowest BCUT2D eigenvalue weighted by molar-refractivity contribution is -0.140. The van der Waals surface area contributed by atoms with Gasteiger partial charge in [-0.3, -0.25) is 33.6 Å². The fraction of sp³-hybridized carbons (Fsp3) is 0.742. The molecule has 1 heterocycles. The number of nitrogens with one attached hydrogen (secondary N) is 5. The number of primary amides is 1. The van der Waals surface area contributed by atoms with E-state index in [1.165, 1.54) is 25.7 Å². The van der Waals surface area contributed by atoms with Crippen LogP contribution in [0.2, 0.25) is 0 Å². The molecule has 1 saturated heterocycles. The van der Waals surface area contributed by atoms with Gasteiger partial charge < -0.3 is 53.5 Å². The molecule has 7 amide bonds. The average Bonchev–Trinajstić information content (AvgIpc) is 3.51. The van der Waals surface area contributed by atoms with Crippen LogP contribution in [0.1, 0.15) is 86.0 Å². The van der Waals surface area contributed by atoms with Crippen LogP contribution in [-0.2, 0) is 38.4 Å². The average molecular weight is 682 g/mol. The van der Waals surface area contributed by atoms with Crippen molar-refractivity contribution in [2.24, 2.45) is 23.1 Å². The predicted octanol–water partition coefficient (Wildman–Crippen LogP) is -2.57. The molecule has 1 aliphatic rings. The molecule has 1 aliphatic heterocycles. The summed E-state index contributed by atoms with van der Waals surface area (Å²) in [5.74, 6) is -4.44. The second-order valence-corrected chi connectivity index (χ2v) is 12.7. The summed E-state index contributed by atoms with van der Waals surface area (Å²) in [6, 6.07) is -6.96. The fourth-order valence-corrected chi connectivity index (χ4v) is 5.16. The van der Waals surface area contributed by atoms with Crippen LogP contribution >= 0.6 is 0 Å². The molecule has 17 nitrogen and oxygen atoms in total. The molecular weight excluding hydrogens is 626 g/mol. The fourth-order valence-electron chi connectivity index (χ4n) is 5.16. The number of carbonyl (C=O) groups excluding carboxylic acids is 8. The highest BCUT2D eigenvalue weighted by Crippen LogP contribution is 2.18. The zero-order valence-corrected chi connectivity index (χ0v) is 28.7. The molecular formula is C31H55N9O8. The van der Waals surface area contributed by atoms with Crippen LogP contribution in [0.4, 0.5) is 0 Å². The molecule has 17 heteroatoms. The minimum Gasteiger partial charge on any atom is -0.370 e. The number of hydrogen-bond donors (Lipinski definition) is 8. The molecule has 0 aromatic heterocycles. The molecule has 7 atom stereocenters. The Morgan fingerprint density at radius 3 is 1.90 bits per heavy atom. The van der Waals surface area contributed by atoms with Gasteiger partial charge in [0.1, 0.15) is 36.5 Å². The van der Waals surface area contributed by atoms with E-state index in [1.807, 2.05) is 13.8 Å². The van der Waals surface area contributed by atoms with Crippen molar-refractivity contribution in [1.29, 1.82) is 0 Å².